The Kier molecular flexibility index (Phi) is 6.27. The number of aromatic nitrogens is 3. The Hall–Kier alpha value is -3.66. The number of pyridine rings is 1. The molecule has 7 nitrogen and oxygen atoms in total. The van der Waals surface area contributed by atoms with Crippen LogP contribution in [0.5, 0.6) is 5.88 Å². The van der Waals surface area contributed by atoms with Crippen molar-refractivity contribution in [1.82, 2.24) is 19.9 Å². The van der Waals surface area contributed by atoms with Crippen LogP contribution in [0.25, 0.3) is 11.2 Å². The third kappa shape index (κ3) is 5.10. The molecule has 0 atom stereocenters. The smallest absolute Gasteiger partial charge is 0.249 e. The van der Waals surface area contributed by atoms with Gasteiger partial charge in [0.1, 0.15) is 5.52 Å². The second kappa shape index (κ2) is 9.43. The van der Waals surface area contributed by atoms with Gasteiger partial charge in [-0.05, 0) is 55.2 Å². The molecular weight excluding hydrogens is 390 g/mol. The summed E-state index contributed by atoms with van der Waals surface area (Å²) in [7, 11) is 4.00. The summed E-state index contributed by atoms with van der Waals surface area (Å²) in [5.74, 6) is 6.85. The summed E-state index contributed by atoms with van der Waals surface area (Å²) in [6.07, 6.45) is 4.01. The van der Waals surface area contributed by atoms with Crippen molar-refractivity contribution in [3.05, 3.63) is 53.9 Å². The largest absolute Gasteiger partial charge is 0.476 e. The number of rotatable bonds is 6. The van der Waals surface area contributed by atoms with Crippen molar-refractivity contribution in [1.29, 1.82) is 0 Å². The van der Waals surface area contributed by atoms with Gasteiger partial charge in [0.2, 0.25) is 11.8 Å². The average Bonchev–Trinajstić information content (AvgIpc) is 3.20. The van der Waals surface area contributed by atoms with Crippen LogP contribution in [0.1, 0.15) is 30.5 Å². The highest BCUT2D eigenvalue weighted by molar-refractivity contribution is 5.78. The summed E-state index contributed by atoms with van der Waals surface area (Å²) in [6, 6.07) is 11.7. The first-order valence-corrected chi connectivity index (χ1v) is 10.4. The maximum atomic E-state index is 11.8. The summed E-state index contributed by atoms with van der Waals surface area (Å²) in [4.78, 5) is 29.1. The lowest BCUT2D eigenvalue weighted by molar-refractivity contribution is -0.127. The molecule has 0 unspecified atom stereocenters. The SMILES string of the molecule is CN(C)c1ccc(C#Cc2nc3ncccc3nc2OCCCN2CCCC2=O)cc1. The Morgan fingerprint density at radius 2 is 1.97 bits per heavy atom. The van der Waals surface area contributed by atoms with Crippen LogP contribution in [0, 0.1) is 11.8 Å². The van der Waals surface area contributed by atoms with E-state index in [1.54, 1.807) is 6.20 Å². The van der Waals surface area contributed by atoms with E-state index in [0.29, 0.717) is 42.3 Å². The second-order valence-corrected chi connectivity index (χ2v) is 7.60. The maximum Gasteiger partial charge on any atom is 0.249 e. The number of hydrogen-bond acceptors (Lipinski definition) is 6. The molecule has 7 heteroatoms. The van der Waals surface area contributed by atoms with Crippen molar-refractivity contribution in [3.8, 4) is 17.7 Å². The summed E-state index contributed by atoms with van der Waals surface area (Å²) in [6.45, 7) is 1.97. The predicted molar refractivity (Wildman–Crippen MR) is 120 cm³/mol. The molecule has 0 aliphatic carbocycles. The van der Waals surface area contributed by atoms with E-state index in [-0.39, 0.29) is 5.91 Å². The molecule has 4 rings (SSSR count). The topological polar surface area (TPSA) is 71.5 Å². The number of ether oxygens (including phenoxy) is 1. The number of carbonyl (C=O) groups is 1. The Bertz CT molecular complexity index is 1130. The predicted octanol–water partition coefficient (Wildman–Crippen LogP) is 2.88. The van der Waals surface area contributed by atoms with E-state index in [9.17, 15) is 4.79 Å². The molecule has 1 aromatic carbocycles. The number of fused-ring (bicyclic) bond motifs is 1. The van der Waals surface area contributed by atoms with Crippen LogP contribution in [-0.4, -0.2) is 59.6 Å². The monoisotopic (exact) mass is 415 g/mol. The number of carbonyl (C=O) groups excluding carboxylic acids is 1. The van der Waals surface area contributed by atoms with Crippen LogP contribution in [0.4, 0.5) is 5.69 Å². The number of nitrogens with zero attached hydrogens (tertiary/aromatic N) is 5. The zero-order chi connectivity index (χ0) is 21.6. The van der Waals surface area contributed by atoms with Gasteiger partial charge in [-0.15, -0.1) is 0 Å². The van der Waals surface area contributed by atoms with Crippen LogP contribution in [0.3, 0.4) is 0 Å². The summed E-state index contributed by atoms with van der Waals surface area (Å²) >= 11 is 0. The van der Waals surface area contributed by atoms with Gasteiger partial charge in [-0.3, -0.25) is 4.79 Å². The molecular formula is C24H25N5O2. The minimum atomic E-state index is 0.225. The zero-order valence-corrected chi connectivity index (χ0v) is 17.8. The van der Waals surface area contributed by atoms with Gasteiger partial charge >= 0.3 is 0 Å². The van der Waals surface area contributed by atoms with Crippen LogP contribution in [-0.2, 0) is 4.79 Å². The van der Waals surface area contributed by atoms with Gasteiger partial charge in [0.25, 0.3) is 0 Å². The maximum absolute atomic E-state index is 11.8. The molecule has 1 amide bonds. The third-order valence-corrected chi connectivity index (χ3v) is 5.10. The number of anilines is 1. The molecule has 3 aromatic rings. The fourth-order valence-electron chi connectivity index (χ4n) is 3.40. The second-order valence-electron chi connectivity index (χ2n) is 7.60. The zero-order valence-electron chi connectivity index (χ0n) is 17.8. The number of benzene rings is 1. The Labute approximate surface area is 182 Å². The highest BCUT2D eigenvalue weighted by atomic mass is 16.5. The lowest BCUT2D eigenvalue weighted by Crippen LogP contribution is -2.26. The normalized spacial score (nSPS) is 13.2. The van der Waals surface area contributed by atoms with Crippen molar-refractivity contribution in [2.75, 3.05) is 38.7 Å². The van der Waals surface area contributed by atoms with Gasteiger partial charge in [0.15, 0.2) is 11.3 Å². The molecule has 31 heavy (non-hydrogen) atoms. The molecule has 0 spiro atoms. The minimum Gasteiger partial charge on any atom is -0.476 e. The molecule has 0 N–H and O–H groups in total. The van der Waals surface area contributed by atoms with Gasteiger partial charge in [0.05, 0.1) is 6.61 Å². The quantitative estimate of drug-likeness (QED) is 0.455. The fraction of sp³-hybridized carbons (Fsp3) is 0.333. The van der Waals surface area contributed by atoms with E-state index in [1.165, 1.54) is 0 Å². The summed E-state index contributed by atoms with van der Waals surface area (Å²) < 4.78 is 5.93. The molecule has 2 aromatic heterocycles. The van der Waals surface area contributed by atoms with Gasteiger partial charge < -0.3 is 14.5 Å². The Morgan fingerprint density at radius 1 is 1.13 bits per heavy atom. The Morgan fingerprint density at radius 3 is 2.71 bits per heavy atom. The Balaban J connectivity index is 1.51. The van der Waals surface area contributed by atoms with E-state index in [1.807, 2.05) is 60.3 Å². The molecule has 158 valence electrons. The molecule has 0 saturated carbocycles. The van der Waals surface area contributed by atoms with E-state index in [2.05, 4.69) is 26.8 Å². The molecule has 0 radical (unpaired) electrons. The number of likely N-dealkylation sites (tertiary alicyclic amines) is 1. The van der Waals surface area contributed by atoms with Crippen LogP contribution < -0.4 is 9.64 Å². The lowest BCUT2D eigenvalue weighted by atomic mass is 10.2. The highest BCUT2D eigenvalue weighted by Crippen LogP contribution is 2.18. The molecule has 3 heterocycles. The fourth-order valence-corrected chi connectivity index (χ4v) is 3.40. The van der Waals surface area contributed by atoms with Crippen molar-refractivity contribution < 1.29 is 9.53 Å². The van der Waals surface area contributed by atoms with Crippen molar-refractivity contribution in [2.45, 2.75) is 19.3 Å². The van der Waals surface area contributed by atoms with Crippen molar-refractivity contribution in [3.63, 3.8) is 0 Å². The van der Waals surface area contributed by atoms with Gasteiger partial charge in [-0.2, -0.15) is 0 Å². The molecule has 0 bridgehead atoms. The van der Waals surface area contributed by atoms with E-state index < -0.39 is 0 Å². The molecule has 1 aliphatic rings. The summed E-state index contributed by atoms with van der Waals surface area (Å²) in [5.41, 5.74) is 3.64. The van der Waals surface area contributed by atoms with Crippen molar-refractivity contribution >= 4 is 22.8 Å². The third-order valence-electron chi connectivity index (χ3n) is 5.10. The first kappa shape index (κ1) is 20.6. The van der Waals surface area contributed by atoms with Crippen LogP contribution >= 0.6 is 0 Å². The van der Waals surface area contributed by atoms with Gasteiger partial charge in [-0.1, -0.05) is 5.92 Å². The van der Waals surface area contributed by atoms with E-state index in [4.69, 9.17) is 4.74 Å². The lowest BCUT2D eigenvalue weighted by Gasteiger charge is -2.15. The number of amides is 1. The van der Waals surface area contributed by atoms with Gasteiger partial charge in [0, 0.05) is 51.1 Å². The van der Waals surface area contributed by atoms with Crippen LogP contribution in [0.15, 0.2) is 42.6 Å². The first-order valence-electron chi connectivity index (χ1n) is 10.4. The minimum absolute atomic E-state index is 0.225. The molecule has 1 saturated heterocycles. The molecule has 1 aliphatic heterocycles. The number of hydrogen-bond donors (Lipinski definition) is 0. The van der Waals surface area contributed by atoms with Crippen LogP contribution in [0.2, 0.25) is 0 Å². The van der Waals surface area contributed by atoms with E-state index in [0.717, 1.165) is 30.6 Å². The van der Waals surface area contributed by atoms with Crippen molar-refractivity contribution in [2.24, 2.45) is 0 Å². The summed E-state index contributed by atoms with van der Waals surface area (Å²) in [5, 5.41) is 0. The molecule has 1 fully saturated rings. The first-order chi connectivity index (χ1) is 15.1. The standard InChI is InChI=1S/C24H25N5O2/c1-28(2)19-11-8-18(9-12-19)10-13-21-24(27-20-6-3-14-25-23(20)26-21)31-17-5-16-29-15-4-7-22(29)30/h3,6,8-9,11-12,14H,4-5,7,15-17H2,1-2H3. The highest BCUT2D eigenvalue weighted by Gasteiger charge is 2.19. The van der Waals surface area contributed by atoms with E-state index >= 15 is 0 Å². The van der Waals surface area contributed by atoms with Gasteiger partial charge in [-0.25, -0.2) is 15.0 Å². The average molecular weight is 415 g/mol.